The van der Waals surface area contributed by atoms with Gasteiger partial charge in [0.1, 0.15) is 0 Å². The zero-order valence-electron chi connectivity index (χ0n) is 13.3. The first-order valence-corrected chi connectivity index (χ1v) is 9.95. The van der Waals surface area contributed by atoms with Gasteiger partial charge in [-0.2, -0.15) is 0 Å². The largest absolute Gasteiger partial charge is 0.378 e. The van der Waals surface area contributed by atoms with Gasteiger partial charge in [0, 0.05) is 17.6 Å². The minimum absolute atomic E-state index is 0.251. The molecule has 1 N–H and O–H groups in total. The molecule has 1 saturated heterocycles. The smallest absolute Gasteiger partial charge is 0.261 e. The molecule has 0 aliphatic carbocycles. The molecule has 24 heavy (non-hydrogen) atoms. The summed E-state index contributed by atoms with van der Waals surface area (Å²) in [5.74, 6) is 0. The van der Waals surface area contributed by atoms with E-state index in [0.29, 0.717) is 18.9 Å². The molecular weight excluding hydrogens is 392 g/mol. The number of sulfonamides is 1. The SMILES string of the molecule is Cc1ccc(S(=O)(=O)Nc2ccc(N3CCOCC3)c(Br)c2)cc1. The lowest BCUT2D eigenvalue weighted by atomic mass is 10.2. The monoisotopic (exact) mass is 410 g/mol. The average molecular weight is 411 g/mol. The normalized spacial score (nSPS) is 15.3. The van der Waals surface area contributed by atoms with Gasteiger partial charge in [0.2, 0.25) is 0 Å². The fraction of sp³-hybridized carbons (Fsp3) is 0.294. The molecule has 0 aromatic heterocycles. The third kappa shape index (κ3) is 3.91. The summed E-state index contributed by atoms with van der Waals surface area (Å²) in [4.78, 5) is 2.47. The van der Waals surface area contributed by atoms with Crippen LogP contribution in [0.3, 0.4) is 0 Å². The molecule has 3 rings (SSSR count). The lowest BCUT2D eigenvalue weighted by molar-refractivity contribution is 0.122. The zero-order valence-corrected chi connectivity index (χ0v) is 15.7. The third-order valence-electron chi connectivity index (χ3n) is 3.88. The van der Waals surface area contributed by atoms with Crippen molar-refractivity contribution in [1.82, 2.24) is 0 Å². The first-order chi connectivity index (χ1) is 11.5. The molecule has 0 amide bonds. The number of morpholine rings is 1. The van der Waals surface area contributed by atoms with Crippen LogP contribution in [-0.2, 0) is 14.8 Å². The van der Waals surface area contributed by atoms with Crippen molar-refractivity contribution >= 4 is 37.3 Å². The standard InChI is InChI=1S/C17H19BrN2O3S/c1-13-2-5-15(6-3-13)24(21,22)19-14-4-7-17(16(18)12-14)20-8-10-23-11-9-20/h2-7,12,19H,8-11H2,1H3. The van der Waals surface area contributed by atoms with E-state index in [1.807, 2.05) is 13.0 Å². The molecule has 5 nitrogen and oxygen atoms in total. The Hall–Kier alpha value is -1.57. The van der Waals surface area contributed by atoms with Crippen LogP contribution in [0, 0.1) is 6.92 Å². The minimum atomic E-state index is -3.59. The van der Waals surface area contributed by atoms with E-state index >= 15 is 0 Å². The van der Waals surface area contributed by atoms with E-state index in [1.54, 1.807) is 36.4 Å². The molecule has 0 radical (unpaired) electrons. The highest BCUT2D eigenvalue weighted by atomic mass is 79.9. The molecule has 128 valence electrons. The number of nitrogens with one attached hydrogen (secondary N) is 1. The minimum Gasteiger partial charge on any atom is -0.378 e. The Morgan fingerprint density at radius 2 is 1.75 bits per heavy atom. The second-order valence-electron chi connectivity index (χ2n) is 5.68. The van der Waals surface area contributed by atoms with Gasteiger partial charge in [-0.3, -0.25) is 4.72 Å². The number of hydrogen-bond donors (Lipinski definition) is 1. The van der Waals surface area contributed by atoms with Crippen molar-refractivity contribution in [3.05, 3.63) is 52.5 Å². The van der Waals surface area contributed by atoms with Crippen LogP contribution in [0.1, 0.15) is 5.56 Å². The summed E-state index contributed by atoms with van der Waals surface area (Å²) in [5, 5.41) is 0. The topological polar surface area (TPSA) is 58.6 Å². The lowest BCUT2D eigenvalue weighted by Crippen LogP contribution is -2.36. The molecule has 2 aromatic rings. The molecule has 2 aromatic carbocycles. The van der Waals surface area contributed by atoms with Crippen LogP contribution in [-0.4, -0.2) is 34.7 Å². The second kappa shape index (κ2) is 7.13. The predicted octanol–water partition coefficient (Wildman–Crippen LogP) is 3.39. The van der Waals surface area contributed by atoms with Crippen LogP contribution in [0.2, 0.25) is 0 Å². The number of anilines is 2. The number of aryl methyl sites for hydroxylation is 1. The summed E-state index contributed by atoms with van der Waals surface area (Å²) in [5.41, 5.74) is 2.59. The summed E-state index contributed by atoms with van der Waals surface area (Å²) in [6, 6.07) is 12.3. The van der Waals surface area contributed by atoms with E-state index in [0.717, 1.165) is 28.8 Å². The molecule has 0 atom stereocenters. The second-order valence-corrected chi connectivity index (χ2v) is 8.22. The number of hydrogen-bond acceptors (Lipinski definition) is 4. The lowest BCUT2D eigenvalue weighted by Gasteiger charge is -2.29. The van der Waals surface area contributed by atoms with Crippen LogP contribution in [0.4, 0.5) is 11.4 Å². The van der Waals surface area contributed by atoms with Crippen LogP contribution in [0.15, 0.2) is 51.8 Å². The van der Waals surface area contributed by atoms with E-state index in [9.17, 15) is 8.42 Å². The highest BCUT2D eigenvalue weighted by Crippen LogP contribution is 2.30. The molecule has 0 saturated carbocycles. The maximum atomic E-state index is 12.5. The van der Waals surface area contributed by atoms with Gasteiger partial charge in [0.05, 0.1) is 29.5 Å². The highest BCUT2D eigenvalue weighted by molar-refractivity contribution is 9.10. The van der Waals surface area contributed by atoms with Crippen LogP contribution in [0.25, 0.3) is 0 Å². The molecule has 1 aliphatic heterocycles. The number of ether oxygens (including phenoxy) is 1. The Balaban J connectivity index is 1.80. The van der Waals surface area contributed by atoms with E-state index in [1.165, 1.54) is 0 Å². The fourth-order valence-corrected chi connectivity index (χ4v) is 4.24. The van der Waals surface area contributed by atoms with E-state index < -0.39 is 10.0 Å². The first kappa shape index (κ1) is 17.3. The van der Waals surface area contributed by atoms with Gasteiger partial charge in [-0.15, -0.1) is 0 Å². The van der Waals surface area contributed by atoms with Crippen LogP contribution >= 0.6 is 15.9 Å². The van der Waals surface area contributed by atoms with Crippen molar-refractivity contribution in [3.63, 3.8) is 0 Å². The Labute approximate surface area is 150 Å². The van der Waals surface area contributed by atoms with Crippen LogP contribution in [0.5, 0.6) is 0 Å². The van der Waals surface area contributed by atoms with Crippen molar-refractivity contribution in [2.45, 2.75) is 11.8 Å². The van der Waals surface area contributed by atoms with E-state index in [2.05, 4.69) is 25.6 Å². The van der Waals surface area contributed by atoms with Gasteiger partial charge in [-0.1, -0.05) is 17.7 Å². The fourth-order valence-electron chi connectivity index (χ4n) is 2.56. The summed E-state index contributed by atoms with van der Waals surface area (Å²) in [6.07, 6.45) is 0. The van der Waals surface area contributed by atoms with Gasteiger partial charge in [0.15, 0.2) is 0 Å². The van der Waals surface area contributed by atoms with Gasteiger partial charge in [-0.05, 0) is 53.2 Å². The Bertz CT molecular complexity index is 816. The van der Waals surface area contributed by atoms with Crippen molar-refractivity contribution in [2.24, 2.45) is 0 Å². The first-order valence-electron chi connectivity index (χ1n) is 7.67. The van der Waals surface area contributed by atoms with Crippen molar-refractivity contribution in [1.29, 1.82) is 0 Å². The molecule has 7 heteroatoms. The Morgan fingerprint density at radius 3 is 2.38 bits per heavy atom. The van der Waals surface area contributed by atoms with Gasteiger partial charge in [-0.25, -0.2) is 8.42 Å². The summed E-state index contributed by atoms with van der Waals surface area (Å²) in [7, 11) is -3.59. The quantitative estimate of drug-likeness (QED) is 0.838. The average Bonchev–Trinajstić information content (AvgIpc) is 2.56. The van der Waals surface area contributed by atoms with Gasteiger partial charge in [0.25, 0.3) is 10.0 Å². The molecule has 0 spiro atoms. The molecule has 0 unspecified atom stereocenters. The highest BCUT2D eigenvalue weighted by Gasteiger charge is 2.17. The maximum Gasteiger partial charge on any atom is 0.261 e. The van der Waals surface area contributed by atoms with Gasteiger partial charge < -0.3 is 9.64 Å². The predicted molar refractivity (Wildman–Crippen MR) is 99.2 cm³/mol. The summed E-state index contributed by atoms with van der Waals surface area (Å²) >= 11 is 3.54. The zero-order chi connectivity index (χ0) is 17.2. The summed E-state index contributed by atoms with van der Waals surface area (Å²) < 4.78 is 33.8. The number of halogens is 1. The van der Waals surface area contributed by atoms with Crippen molar-refractivity contribution < 1.29 is 13.2 Å². The van der Waals surface area contributed by atoms with E-state index in [4.69, 9.17) is 4.74 Å². The number of benzene rings is 2. The maximum absolute atomic E-state index is 12.5. The number of nitrogens with zero attached hydrogens (tertiary/aromatic N) is 1. The van der Waals surface area contributed by atoms with E-state index in [-0.39, 0.29) is 4.90 Å². The molecule has 1 fully saturated rings. The molecular formula is C17H19BrN2O3S. The van der Waals surface area contributed by atoms with Gasteiger partial charge >= 0.3 is 0 Å². The molecule has 0 bridgehead atoms. The van der Waals surface area contributed by atoms with Crippen molar-refractivity contribution in [2.75, 3.05) is 35.9 Å². The third-order valence-corrected chi connectivity index (χ3v) is 5.92. The summed E-state index contributed by atoms with van der Waals surface area (Å²) in [6.45, 7) is 4.98. The Kier molecular flexibility index (Phi) is 5.12. The molecule has 1 heterocycles. The van der Waals surface area contributed by atoms with Crippen molar-refractivity contribution in [3.8, 4) is 0 Å². The Morgan fingerprint density at radius 1 is 1.08 bits per heavy atom. The molecule has 1 aliphatic rings. The van der Waals surface area contributed by atoms with Crippen LogP contribution < -0.4 is 9.62 Å². The number of rotatable bonds is 4.